The maximum atomic E-state index is 14.0. The molecule has 9 heteroatoms. The smallest absolute Gasteiger partial charge is 0.356 e. The first-order valence-electron chi connectivity index (χ1n) is 10.2. The average Bonchev–Trinajstić information content (AvgIpc) is 3.29. The molecular weight excluding hydrogens is 413 g/mol. The van der Waals surface area contributed by atoms with E-state index in [1.807, 2.05) is 29.7 Å². The molecule has 0 spiro atoms. The number of nitrogens with zero attached hydrogens (tertiary/aromatic N) is 4. The lowest BCUT2D eigenvalue weighted by atomic mass is 10.1. The Labute approximate surface area is 184 Å². The highest BCUT2D eigenvalue weighted by molar-refractivity contribution is 5.87. The largest absolute Gasteiger partial charge is 0.492 e. The zero-order valence-electron chi connectivity index (χ0n) is 17.9. The zero-order valence-corrected chi connectivity index (χ0v) is 17.9. The number of carboxylic acids is 1. The third kappa shape index (κ3) is 4.06. The highest BCUT2D eigenvalue weighted by atomic mass is 19.1. The second-order valence-corrected chi connectivity index (χ2v) is 7.51. The van der Waals surface area contributed by atoms with E-state index in [1.165, 1.54) is 16.8 Å². The molecule has 4 aromatic rings. The number of nitrogens with two attached hydrogens (primary N) is 1. The molecule has 0 fully saturated rings. The van der Waals surface area contributed by atoms with Crippen molar-refractivity contribution in [2.24, 2.45) is 12.8 Å². The first-order chi connectivity index (χ1) is 15.4. The Bertz CT molecular complexity index is 1290. The van der Waals surface area contributed by atoms with Crippen LogP contribution in [0.2, 0.25) is 0 Å². The summed E-state index contributed by atoms with van der Waals surface area (Å²) in [4.78, 5) is 15.9. The van der Waals surface area contributed by atoms with Gasteiger partial charge in [-0.05, 0) is 37.7 Å². The minimum Gasteiger partial charge on any atom is -0.492 e. The molecule has 32 heavy (non-hydrogen) atoms. The summed E-state index contributed by atoms with van der Waals surface area (Å²) in [6.45, 7) is 2.49. The second-order valence-electron chi connectivity index (χ2n) is 7.51. The lowest BCUT2D eigenvalue weighted by Gasteiger charge is -2.13. The molecule has 4 rings (SSSR count). The Balaban J connectivity index is 1.62. The van der Waals surface area contributed by atoms with Gasteiger partial charge in [0, 0.05) is 66.4 Å². The van der Waals surface area contributed by atoms with Crippen LogP contribution in [-0.4, -0.2) is 43.4 Å². The van der Waals surface area contributed by atoms with E-state index in [4.69, 9.17) is 10.5 Å². The van der Waals surface area contributed by atoms with E-state index >= 15 is 0 Å². The Kier molecular flexibility index (Phi) is 5.91. The fourth-order valence-corrected chi connectivity index (χ4v) is 3.76. The number of aryl methyl sites for hydroxylation is 1. The van der Waals surface area contributed by atoms with Gasteiger partial charge in [0.05, 0.1) is 6.61 Å². The van der Waals surface area contributed by atoms with Crippen molar-refractivity contribution in [1.82, 2.24) is 19.2 Å². The minimum atomic E-state index is -1.09. The van der Waals surface area contributed by atoms with E-state index < -0.39 is 11.8 Å². The van der Waals surface area contributed by atoms with Crippen LogP contribution in [0.25, 0.3) is 16.8 Å². The SMILES string of the molecule is Cc1c(CCOc2cc(F)ccc2-c2ccc3ncc(CCN)n3c2)c(C(=O)O)nn1C. The number of halogens is 1. The molecule has 0 aliphatic heterocycles. The topological polar surface area (TPSA) is 108 Å². The molecule has 166 valence electrons. The molecule has 0 aliphatic rings. The van der Waals surface area contributed by atoms with E-state index in [2.05, 4.69) is 10.1 Å². The van der Waals surface area contributed by atoms with Crippen LogP contribution in [-0.2, 0) is 19.9 Å². The maximum absolute atomic E-state index is 14.0. The predicted octanol–water partition coefficient (Wildman–Crippen LogP) is 3.00. The number of hydrogen-bond donors (Lipinski definition) is 2. The summed E-state index contributed by atoms with van der Waals surface area (Å²) in [5.74, 6) is -1.12. The highest BCUT2D eigenvalue weighted by Crippen LogP contribution is 2.31. The molecule has 0 saturated carbocycles. The zero-order chi connectivity index (χ0) is 22.8. The summed E-state index contributed by atoms with van der Waals surface area (Å²) in [7, 11) is 1.70. The van der Waals surface area contributed by atoms with Gasteiger partial charge in [0.2, 0.25) is 0 Å². The molecule has 0 atom stereocenters. The molecule has 3 N–H and O–H groups in total. The van der Waals surface area contributed by atoms with Crippen LogP contribution in [0.15, 0.2) is 42.7 Å². The minimum absolute atomic E-state index is 0.00561. The van der Waals surface area contributed by atoms with Gasteiger partial charge in [-0.3, -0.25) is 4.68 Å². The van der Waals surface area contributed by atoms with Gasteiger partial charge in [-0.2, -0.15) is 5.10 Å². The number of hydrogen-bond acceptors (Lipinski definition) is 5. The van der Waals surface area contributed by atoms with Gasteiger partial charge in [-0.25, -0.2) is 14.2 Å². The predicted molar refractivity (Wildman–Crippen MR) is 117 cm³/mol. The number of aromatic nitrogens is 4. The summed E-state index contributed by atoms with van der Waals surface area (Å²) in [6.07, 6.45) is 4.75. The van der Waals surface area contributed by atoms with Crippen LogP contribution >= 0.6 is 0 Å². The van der Waals surface area contributed by atoms with Crippen molar-refractivity contribution in [2.75, 3.05) is 13.2 Å². The molecule has 0 unspecified atom stereocenters. The number of carboxylic acid groups (broad SMARTS) is 1. The number of benzene rings is 1. The average molecular weight is 437 g/mol. The van der Waals surface area contributed by atoms with E-state index in [0.717, 1.165) is 28.2 Å². The maximum Gasteiger partial charge on any atom is 0.356 e. The number of pyridine rings is 1. The first-order valence-corrected chi connectivity index (χ1v) is 10.2. The van der Waals surface area contributed by atoms with Gasteiger partial charge in [-0.1, -0.05) is 0 Å². The van der Waals surface area contributed by atoms with Gasteiger partial charge in [0.1, 0.15) is 17.2 Å². The summed E-state index contributed by atoms with van der Waals surface area (Å²) in [5, 5.41) is 13.4. The molecule has 8 nitrogen and oxygen atoms in total. The number of carbonyl (C=O) groups is 1. The monoisotopic (exact) mass is 437 g/mol. The molecule has 3 heterocycles. The van der Waals surface area contributed by atoms with Crippen molar-refractivity contribution in [2.45, 2.75) is 19.8 Å². The molecular formula is C23H24FN5O3. The third-order valence-corrected chi connectivity index (χ3v) is 5.51. The van der Waals surface area contributed by atoms with Crippen molar-refractivity contribution < 1.29 is 19.0 Å². The lowest BCUT2D eigenvalue weighted by Crippen LogP contribution is -2.08. The highest BCUT2D eigenvalue weighted by Gasteiger charge is 2.19. The quantitative estimate of drug-likeness (QED) is 0.439. The van der Waals surface area contributed by atoms with Crippen LogP contribution in [0.1, 0.15) is 27.4 Å². The summed E-state index contributed by atoms with van der Waals surface area (Å²) < 4.78 is 23.4. The van der Waals surface area contributed by atoms with Gasteiger partial charge < -0.3 is 20.0 Å². The third-order valence-electron chi connectivity index (χ3n) is 5.51. The Morgan fingerprint density at radius 2 is 2.06 bits per heavy atom. The molecule has 0 amide bonds. The number of imidazole rings is 1. The van der Waals surface area contributed by atoms with Crippen LogP contribution in [0.5, 0.6) is 5.75 Å². The van der Waals surface area contributed by atoms with Crippen LogP contribution < -0.4 is 10.5 Å². The van der Waals surface area contributed by atoms with E-state index in [0.29, 0.717) is 30.7 Å². The van der Waals surface area contributed by atoms with E-state index in [9.17, 15) is 14.3 Å². The van der Waals surface area contributed by atoms with Crippen molar-refractivity contribution in [3.63, 3.8) is 0 Å². The van der Waals surface area contributed by atoms with Gasteiger partial charge in [-0.15, -0.1) is 0 Å². The number of aromatic carboxylic acids is 1. The molecule has 3 aromatic heterocycles. The Hall–Kier alpha value is -3.72. The summed E-state index contributed by atoms with van der Waals surface area (Å²) in [5.41, 5.74) is 10.4. The van der Waals surface area contributed by atoms with Crippen molar-refractivity contribution in [3.8, 4) is 16.9 Å². The van der Waals surface area contributed by atoms with Crippen molar-refractivity contribution in [3.05, 3.63) is 71.2 Å². The Morgan fingerprint density at radius 3 is 2.81 bits per heavy atom. The molecule has 0 bridgehead atoms. The van der Waals surface area contributed by atoms with Gasteiger partial charge in [0.15, 0.2) is 5.69 Å². The van der Waals surface area contributed by atoms with Crippen LogP contribution in [0.4, 0.5) is 4.39 Å². The lowest BCUT2D eigenvalue weighted by molar-refractivity contribution is 0.0688. The molecule has 1 aromatic carbocycles. The standard InChI is InChI=1S/C23H24FN5O3/c1-14-18(22(23(30)31)27-28(14)2)8-10-32-20-11-16(24)4-5-19(20)15-3-6-21-26-12-17(7-9-25)29(21)13-15/h3-6,11-13H,7-10,25H2,1-2H3,(H,30,31). The summed E-state index contributed by atoms with van der Waals surface area (Å²) >= 11 is 0. The van der Waals surface area contributed by atoms with Crippen LogP contribution in [0.3, 0.4) is 0 Å². The van der Waals surface area contributed by atoms with E-state index in [-0.39, 0.29) is 12.3 Å². The van der Waals surface area contributed by atoms with E-state index in [1.54, 1.807) is 19.3 Å². The second kappa shape index (κ2) is 8.80. The normalized spacial score (nSPS) is 11.2. The van der Waals surface area contributed by atoms with Crippen LogP contribution in [0, 0.1) is 12.7 Å². The molecule has 0 saturated heterocycles. The Morgan fingerprint density at radius 1 is 1.25 bits per heavy atom. The number of fused-ring (bicyclic) bond motifs is 1. The number of ether oxygens (including phenoxy) is 1. The number of rotatable bonds is 8. The fraction of sp³-hybridized carbons (Fsp3) is 0.261. The first kappa shape index (κ1) is 21.5. The fourth-order valence-electron chi connectivity index (χ4n) is 3.76. The molecule has 0 radical (unpaired) electrons. The molecule has 0 aliphatic carbocycles. The van der Waals surface area contributed by atoms with Gasteiger partial charge >= 0.3 is 5.97 Å². The van der Waals surface area contributed by atoms with Crippen molar-refractivity contribution >= 4 is 11.6 Å². The summed E-state index contributed by atoms with van der Waals surface area (Å²) in [6, 6.07) is 8.18. The van der Waals surface area contributed by atoms with Crippen molar-refractivity contribution in [1.29, 1.82) is 0 Å². The van der Waals surface area contributed by atoms with Gasteiger partial charge in [0.25, 0.3) is 0 Å².